The van der Waals surface area contributed by atoms with Crippen molar-refractivity contribution in [1.29, 1.82) is 0 Å². The molecule has 0 spiro atoms. The first-order valence-electron chi connectivity index (χ1n) is 2.50. The van der Waals surface area contributed by atoms with Gasteiger partial charge in [0, 0.05) is 6.42 Å². The molecule has 0 radical (unpaired) electrons. The third-order valence-corrected chi connectivity index (χ3v) is 1.01. The van der Waals surface area contributed by atoms with Crippen LogP contribution in [0.5, 0.6) is 0 Å². The average molecular weight is 114 g/mol. The summed E-state index contributed by atoms with van der Waals surface area (Å²) in [5.41, 5.74) is 0. The van der Waals surface area contributed by atoms with Crippen molar-refractivity contribution in [2.24, 2.45) is 0 Å². The van der Waals surface area contributed by atoms with E-state index in [0.29, 0.717) is 0 Å². The van der Waals surface area contributed by atoms with Gasteiger partial charge in [0.25, 0.3) is 0 Å². The summed E-state index contributed by atoms with van der Waals surface area (Å²) in [4.78, 5) is 0. The monoisotopic (exact) mass is 114 g/mol. The highest BCUT2D eigenvalue weighted by molar-refractivity contribution is 5.15. The smallest absolute Gasteiger partial charge is 0.103 e. The lowest BCUT2D eigenvalue weighted by Gasteiger charge is -2.05. The van der Waals surface area contributed by atoms with Gasteiger partial charge < -0.3 is 5.11 Å². The molecular formula is C6H7FO. The summed E-state index contributed by atoms with van der Waals surface area (Å²) in [6, 6.07) is 0. The predicted octanol–water partition coefficient (Wildman–Crippen LogP) is 1.16. The van der Waals surface area contributed by atoms with Crippen LogP contribution in [-0.4, -0.2) is 11.2 Å². The second-order valence-corrected chi connectivity index (χ2v) is 1.77. The zero-order valence-electron chi connectivity index (χ0n) is 4.34. The maximum absolute atomic E-state index is 12.1. The maximum Gasteiger partial charge on any atom is 0.103 e. The molecular weight excluding hydrogens is 107 g/mol. The Bertz CT molecular complexity index is 137. The molecule has 0 heterocycles. The summed E-state index contributed by atoms with van der Waals surface area (Å²) in [5, 5.41) is 8.71. The van der Waals surface area contributed by atoms with Crippen LogP contribution in [0.15, 0.2) is 24.1 Å². The summed E-state index contributed by atoms with van der Waals surface area (Å²) in [5.74, 6) is -0.250. The second-order valence-electron chi connectivity index (χ2n) is 1.77. The molecule has 8 heavy (non-hydrogen) atoms. The minimum atomic E-state index is -0.611. The van der Waals surface area contributed by atoms with Crippen LogP contribution in [0.25, 0.3) is 0 Å². The van der Waals surface area contributed by atoms with E-state index in [0.717, 1.165) is 0 Å². The Balaban J connectivity index is 2.59. The van der Waals surface area contributed by atoms with Gasteiger partial charge in [0.15, 0.2) is 0 Å². The molecule has 1 atom stereocenters. The van der Waals surface area contributed by atoms with E-state index in [1.807, 2.05) is 0 Å². The largest absolute Gasteiger partial charge is 0.389 e. The van der Waals surface area contributed by atoms with Gasteiger partial charge in [-0.05, 0) is 6.08 Å². The first-order chi connectivity index (χ1) is 3.79. The summed E-state index contributed by atoms with van der Waals surface area (Å²) in [7, 11) is 0. The molecule has 44 valence electrons. The Kier molecular flexibility index (Phi) is 1.44. The highest BCUT2D eigenvalue weighted by atomic mass is 19.1. The standard InChI is InChI=1S/C6H7FO/c7-5-2-1-3-6(8)4-5/h1-3,6,8H,4H2. The number of hydrogen-bond acceptors (Lipinski definition) is 1. The fourth-order valence-corrected chi connectivity index (χ4v) is 0.624. The third kappa shape index (κ3) is 1.17. The van der Waals surface area contributed by atoms with E-state index in [9.17, 15) is 4.39 Å². The van der Waals surface area contributed by atoms with E-state index in [1.54, 1.807) is 6.08 Å². The second kappa shape index (κ2) is 2.09. The Morgan fingerprint density at radius 1 is 1.75 bits per heavy atom. The number of halogens is 1. The first-order valence-corrected chi connectivity index (χ1v) is 2.50. The molecule has 1 aliphatic carbocycles. The molecule has 1 rings (SSSR count). The van der Waals surface area contributed by atoms with Crippen LogP contribution < -0.4 is 0 Å². The van der Waals surface area contributed by atoms with E-state index in [2.05, 4.69) is 0 Å². The van der Waals surface area contributed by atoms with Gasteiger partial charge in [-0.3, -0.25) is 0 Å². The van der Waals surface area contributed by atoms with Crippen LogP contribution >= 0.6 is 0 Å². The summed E-state index contributed by atoms with van der Waals surface area (Å²) >= 11 is 0. The Morgan fingerprint density at radius 3 is 2.88 bits per heavy atom. The van der Waals surface area contributed by atoms with E-state index < -0.39 is 6.10 Å². The number of aliphatic hydroxyl groups excluding tert-OH is 1. The van der Waals surface area contributed by atoms with E-state index >= 15 is 0 Å². The molecule has 0 bridgehead atoms. The third-order valence-electron chi connectivity index (χ3n) is 1.01. The van der Waals surface area contributed by atoms with Crippen LogP contribution in [0.4, 0.5) is 4.39 Å². The van der Waals surface area contributed by atoms with E-state index in [4.69, 9.17) is 5.11 Å². The molecule has 1 aliphatic rings. The van der Waals surface area contributed by atoms with Crippen molar-refractivity contribution >= 4 is 0 Å². The molecule has 0 aromatic heterocycles. The van der Waals surface area contributed by atoms with E-state index in [-0.39, 0.29) is 12.2 Å². The maximum atomic E-state index is 12.1. The first kappa shape index (κ1) is 5.51. The van der Waals surface area contributed by atoms with Crippen LogP contribution in [0.3, 0.4) is 0 Å². The molecule has 1 unspecified atom stereocenters. The molecule has 0 aromatic carbocycles. The van der Waals surface area contributed by atoms with Crippen molar-refractivity contribution < 1.29 is 9.50 Å². The lowest BCUT2D eigenvalue weighted by atomic mass is 10.1. The number of aliphatic hydroxyl groups is 1. The molecule has 1 N–H and O–H groups in total. The molecule has 0 fully saturated rings. The molecule has 0 aromatic rings. The molecule has 0 saturated heterocycles. The zero-order chi connectivity index (χ0) is 5.98. The van der Waals surface area contributed by atoms with E-state index in [1.165, 1.54) is 12.2 Å². The van der Waals surface area contributed by atoms with Gasteiger partial charge in [-0.2, -0.15) is 0 Å². The normalized spacial score (nSPS) is 27.8. The molecule has 2 heteroatoms. The SMILES string of the molecule is OC1C=CC=C(F)C1. The lowest BCUT2D eigenvalue weighted by Crippen LogP contribution is -2.03. The van der Waals surface area contributed by atoms with Gasteiger partial charge in [-0.15, -0.1) is 0 Å². The quantitative estimate of drug-likeness (QED) is 0.501. The molecule has 0 amide bonds. The van der Waals surface area contributed by atoms with Crippen molar-refractivity contribution in [3.63, 3.8) is 0 Å². The summed E-state index contributed by atoms with van der Waals surface area (Å²) in [6.07, 6.45) is 3.95. The highest BCUT2D eigenvalue weighted by Crippen LogP contribution is 2.12. The van der Waals surface area contributed by atoms with Crippen molar-refractivity contribution in [2.75, 3.05) is 0 Å². The Labute approximate surface area is 47.1 Å². The fourth-order valence-electron chi connectivity index (χ4n) is 0.624. The lowest BCUT2D eigenvalue weighted by molar-refractivity contribution is 0.213. The number of allylic oxidation sites excluding steroid dienone is 2. The van der Waals surface area contributed by atoms with Crippen molar-refractivity contribution in [3.8, 4) is 0 Å². The van der Waals surface area contributed by atoms with Crippen LogP contribution in [0.2, 0.25) is 0 Å². The Hall–Kier alpha value is -0.630. The molecule has 1 nitrogen and oxygen atoms in total. The van der Waals surface area contributed by atoms with Crippen molar-refractivity contribution in [2.45, 2.75) is 12.5 Å². The van der Waals surface area contributed by atoms with Gasteiger partial charge in [-0.25, -0.2) is 4.39 Å². The van der Waals surface area contributed by atoms with Gasteiger partial charge in [0.1, 0.15) is 5.83 Å². The molecule has 0 saturated carbocycles. The minimum Gasteiger partial charge on any atom is -0.389 e. The molecule has 0 aliphatic heterocycles. The van der Waals surface area contributed by atoms with Crippen LogP contribution in [0.1, 0.15) is 6.42 Å². The summed E-state index contributed by atoms with van der Waals surface area (Å²) in [6.45, 7) is 0. The van der Waals surface area contributed by atoms with Crippen LogP contribution in [0, 0.1) is 0 Å². The van der Waals surface area contributed by atoms with Crippen LogP contribution in [-0.2, 0) is 0 Å². The van der Waals surface area contributed by atoms with Crippen molar-refractivity contribution in [3.05, 3.63) is 24.1 Å². The van der Waals surface area contributed by atoms with Crippen molar-refractivity contribution in [1.82, 2.24) is 0 Å². The Morgan fingerprint density at radius 2 is 2.50 bits per heavy atom. The van der Waals surface area contributed by atoms with Gasteiger partial charge >= 0.3 is 0 Å². The van der Waals surface area contributed by atoms with Gasteiger partial charge in [0.2, 0.25) is 0 Å². The number of hydrogen-bond donors (Lipinski definition) is 1. The van der Waals surface area contributed by atoms with Gasteiger partial charge in [0.05, 0.1) is 6.10 Å². The zero-order valence-corrected chi connectivity index (χ0v) is 4.34. The predicted molar refractivity (Wildman–Crippen MR) is 29.0 cm³/mol. The fraction of sp³-hybridized carbons (Fsp3) is 0.333. The average Bonchev–Trinajstić information content (AvgIpc) is 1.64. The topological polar surface area (TPSA) is 20.2 Å². The highest BCUT2D eigenvalue weighted by Gasteiger charge is 2.05. The van der Waals surface area contributed by atoms with Gasteiger partial charge in [-0.1, -0.05) is 12.2 Å². The number of rotatable bonds is 0. The summed E-state index contributed by atoms with van der Waals surface area (Å²) < 4.78 is 12.1. The minimum absolute atomic E-state index is 0.135.